The topological polar surface area (TPSA) is 62.6 Å². The second kappa shape index (κ2) is 6.97. The second-order valence-electron chi connectivity index (χ2n) is 5.08. The Morgan fingerprint density at radius 1 is 1.57 bits per heavy atom. The number of hydrogen-bond acceptors (Lipinski definition) is 4. The van der Waals surface area contributed by atoms with Gasteiger partial charge >= 0.3 is 0 Å². The molecule has 0 spiro atoms. The molecule has 1 heterocycles. The minimum absolute atomic E-state index is 0.0823. The fourth-order valence-corrected chi connectivity index (χ4v) is 4.38. The fourth-order valence-electron chi connectivity index (χ4n) is 1.99. The summed E-state index contributed by atoms with van der Waals surface area (Å²) >= 11 is 3.19. The number of hydrogen-bond donors (Lipinski definition) is 1. The molecule has 1 aliphatic rings. The highest BCUT2D eigenvalue weighted by atomic mass is 79.9. The molecule has 1 aromatic rings. The number of nitrogens with zero attached hydrogens (tertiary/aromatic N) is 1. The highest BCUT2D eigenvalue weighted by molar-refractivity contribution is 9.10. The van der Waals surface area contributed by atoms with Crippen LogP contribution in [0.4, 0.5) is 0 Å². The molecule has 0 atom stereocenters. The summed E-state index contributed by atoms with van der Waals surface area (Å²) in [7, 11) is -3.63. The third-order valence-corrected chi connectivity index (χ3v) is 5.97. The van der Waals surface area contributed by atoms with Crippen LogP contribution in [-0.2, 0) is 16.6 Å². The van der Waals surface area contributed by atoms with E-state index in [1.54, 1.807) is 6.07 Å². The van der Waals surface area contributed by atoms with Gasteiger partial charge in [-0.25, -0.2) is 8.42 Å². The van der Waals surface area contributed by atoms with Gasteiger partial charge in [0.1, 0.15) is 10.7 Å². The molecule has 0 bridgehead atoms. The zero-order valence-corrected chi connectivity index (χ0v) is 14.3. The van der Waals surface area contributed by atoms with E-state index in [-0.39, 0.29) is 16.1 Å². The van der Waals surface area contributed by atoms with E-state index in [1.807, 2.05) is 6.92 Å². The molecule has 21 heavy (non-hydrogen) atoms. The highest BCUT2D eigenvalue weighted by Gasteiger charge is 2.33. The van der Waals surface area contributed by atoms with Crippen LogP contribution in [0.5, 0.6) is 0 Å². The normalized spacial score (nSPS) is 15.3. The van der Waals surface area contributed by atoms with Gasteiger partial charge in [0.15, 0.2) is 4.67 Å². The molecular weight excluding hydrogens is 356 g/mol. The lowest BCUT2D eigenvalue weighted by Crippen LogP contribution is -2.33. The van der Waals surface area contributed by atoms with Gasteiger partial charge in [-0.1, -0.05) is 12.8 Å². The SMILES string of the molecule is C#CCN(CC1CC1)S(=O)(=O)c1cc(CNCC)oc1Br. The van der Waals surface area contributed by atoms with Crippen LogP contribution in [0.15, 0.2) is 20.0 Å². The maximum atomic E-state index is 12.7. The summed E-state index contributed by atoms with van der Waals surface area (Å²) in [4.78, 5) is 0.145. The minimum Gasteiger partial charge on any atom is -0.452 e. The predicted molar refractivity (Wildman–Crippen MR) is 84.1 cm³/mol. The summed E-state index contributed by atoms with van der Waals surface area (Å²) in [6, 6.07) is 1.55. The van der Waals surface area contributed by atoms with Gasteiger partial charge in [0.25, 0.3) is 0 Å². The smallest absolute Gasteiger partial charge is 0.248 e. The number of furan rings is 1. The molecule has 1 saturated carbocycles. The van der Waals surface area contributed by atoms with Gasteiger partial charge in [0.2, 0.25) is 10.0 Å². The third-order valence-electron chi connectivity index (χ3n) is 3.30. The van der Waals surface area contributed by atoms with E-state index >= 15 is 0 Å². The van der Waals surface area contributed by atoms with Crippen LogP contribution in [0.25, 0.3) is 0 Å². The molecule has 116 valence electrons. The number of terminal acetylenes is 1. The van der Waals surface area contributed by atoms with Gasteiger partial charge in [0, 0.05) is 12.6 Å². The van der Waals surface area contributed by atoms with E-state index in [0.29, 0.717) is 24.8 Å². The van der Waals surface area contributed by atoms with E-state index in [9.17, 15) is 8.42 Å². The highest BCUT2D eigenvalue weighted by Crippen LogP contribution is 2.34. The van der Waals surface area contributed by atoms with Crippen molar-refractivity contribution in [3.8, 4) is 12.3 Å². The zero-order chi connectivity index (χ0) is 15.5. The molecule has 1 fully saturated rings. The Bertz CT molecular complexity index is 629. The lowest BCUT2D eigenvalue weighted by molar-refractivity contribution is 0.426. The minimum atomic E-state index is -3.63. The van der Waals surface area contributed by atoms with E-state index in [0.717, 1.165) is 19.4 Å². The largest absolute Gasteiger partial charge is 0.452 e. The van der Waals surface area contributed by atoms with E-state index < -0.39 is 10.0 Å². The van der Waals surface area contributed by atoms with Crippen molar-refractivity contribution in [3.63, 3.8) is 0 Å². The lowest BCUT2D eigenvalue weighted by Gasteiger charge is -2.18. The van der Waals surface area contributed by atoms with Crippen LogP contribution in [0.1, 0.15) is 25.5 Å². The Balaban J connectivity index is 2.23. The van der Waals surface area contributed by atoms with Crippen LogP contribution in [0, 0.1) is 18.3 Å². The molecule has 1 N–H and O–H groups in total. The summed E-state index contributed by atoms with van der Waals surface area (Å²) in [6.45, 7) is 3.80. The maximum absolute atomic E-state index is 12.7. The molecule has 1 aliphatic carbocycles. The van der Waals surface area contributed by atoms with E-state index in [1.165, 1.54) is 4.31 Å². The number of sulfonamides is 1. The van der Waals surface area contributed by atoms with Crippen LogP contribution in [-0.4, -0.2) is 32.4 Å². The van der Waals surface area contributed by atoms with Gasteiger partial charge in [-0.15, -0.1) is 6.42 Å². The first-order valence-corrected chi connectivity index (χ1v) is 9.14. The first-order chi connectivity index (χ1) is 9.98. The molecule has 2 rings (SSSR count). The average Bonchev–Trinajstić information content (AvgIpc) is 3.17. The summed E-state index contributed by atoms with van der Waals surface area (Å²) in [5.74, 6) is 3.43. The summed E-state index contributed by atoms with van der Waals surface area (Å²) in [5.41, 5.74) is 0. The molecular formula is C14H19BrN2O3S. The van der Waals surface area contributed by atoms with E-state index in [2.05, 4.69) is 27.2 Å². The van der Waals surface area contributed by atoms with Crippen LogP contribution in [0.2, 0.25) is 0 Å². The van der Waals surface area contributed by atoms with Gasteiger partial charge in [0.05, 0.1) is 13.1 Å². The zero-order valence-electron chi connectivity index (χ0n) is 11.9. The van der Waals surface area contributed by atoms with E-state index in [4.69, 9.17) is 10.8 Å². The molecule has 0 unspecified atom stereocenters. The van der Waals surface area contributed by atoms with Gasteiger partial charge < -0.3 is 9.73 Å². The number of halogens is 1. The average molecular weight is 375 g/mol. The fraction of sp³-hybridized carbons (Fsp3) is 0.571. The maximum Gasteiger partial charge on any atom is 0.248 e. The molecule has 0 amide bonds. The Kier molecular flexibility index (Phi) is 5.49. The van der Waals surface area contributed by atoms with Crippen molar-refractivity contribution in [2.45, 2.75) is 31.2 Å². The van der Waals surface area contributed by atoms with Crippen molar-refractivity contribution in [1.29, 1.82) is 0 Å². The van der Waals surface area contributed by atoms with Gasteiger partial charge in [-0.05, 0) is 41.2 Å². The van der Waals surface area contributed by atoms with Crippen LogP contribution >= 0.6 is 15.9 Å². The standard InChI is InChI=1S/C14H19BrN2O3S/c1-3-7-17(10-11-5-6-11)21(18,19)13-8-12(9-16-4-2)20-14(13)15/h1,8,11,16H,4-7,9-10H2,2H3. The quantitative estimate of drug-likeness (QED) is 0.708. The van der Waals surface area contributed by atoms with Crippen LogP contribution in [0.3, 0.4) is 0 Å². The van der Waals surface area contributed by atoms with Crippen molar-refractivity contribution in [3.05, 3.63) is 16.5 Å². The van der Waals surface area contributed by atoms with Crippen molar-refractivity contribution in [2.75, 3.05) is 19.6 Å². The number of rotatable bonds is 8. The van der Waals surface area contributed by atoms with Crippen molar-refractivity contribution in [2.24, 2.45) is 5.92 Å². The Morgan fingerprint density at radius 2 is 2.29 bits per heavy atom. The molecule has 0 aliphatic heterocycles. The van der Waals surface area contributed by atoms with Gasteiger partial charge in [-0.3, -0.25) is 0 Å². The number of nitrogens with one attached hydrogen (secondary N) is 1. The summed E-state index contributed by atoms with van der Waals surface area (Å²) in [5, 5.41) is 3.10. The molecule has 0 radical (unpaired) electrons. The summed E-state index contributed by atoms with van der Waals surface area (Å²) < 4.78 is 32.5. The van der Waals surface area contributed by atoms with Gasteiger partial charge in [-0.2, -0.15) is 4.31 Å². The first-order valence-electron chi connectivity index (χ1n) is 6.91. The van der Waals surface area contributed by atoms with Crippen LogP contribution < -0.4 is 5.32 Å². The molecule has 5 nitrogen and oxygen atoms in total. The lowest BCUT2D eigenvalue weighted by atomic mass is 10.4. The first kappa shape index (κ1) is 16.6. The monoisotopic (exact) mass is 374 g/mol. The Labute approximate surface area is 134 Å². The molecule has 0 aromatic carbocycles. The third kappa shape index (κ3) is 4.10. The van der Waals surface area contributed by atoms with Crippen molar-refractivity contribution < 1.29 is 12.8 Å². The van der Waals surface area contributed by atoms with Crippen molar-refractivity contribution in [1.82, 2.24) is 9.62 Å². The Morgan fingerprint density at radius 3 is 2.86 bits per heavy atom. The molecule has 1 aromatic heterocycles. The molecule has 0 saturated heterocycles. The second-order valence-corrected chi connectivity index (χ2v) is 7.70. The summed E-state index contributed by atoms with van der Waals surface area (Å²) in [6.07, 6.45) is 7.44. The van der Waals surface area contributed by atoms with Crippen molar-refractivity contribution >= 4 is 26.0 Å². The molecule has 7 heteroatoms. The Hall–Kier alpha value is -0.810. The predicted octanol–water partition coefficient (Wildman–Crippen LogP) is 2.19.